The number of hydrogen-bond acceptors (Lipinski definition) is 6. The van der Waals surface area contributed by atoms with Gasteiger partial charge in [-0.15, -0.1) is 0 Å². The molecule has 1 atom stereocenters. The van der Waals surface area contributed by atoms with Gasteiger partial charge < -0.3 is 19.2 Å². The fourth-order valence-electron chi connectivity index (χ4n) is 4.20. The molecule has 0 unspecified atom stereocenters. The van der Waals surface area contributed by atoms with Crippen LogP contribution in [0.1, 0.15) is 26.7 Å². The number of rotatable bonds is 6. The minimum absolute atomic E-state index is 0.0814. The van der Waals surface area contributed by atoms with Crippen LogP contribution < -0.4 is 10.1 Å². The van der Waals surface area contributed by atoms with Crippen molar-refractivity contribution >= 4 is 39.5 Å². The summed E-state index contributed by atoms with van der Waals surface area (Å²) in [5, 5.41) is 4.94. The van der Waals surface area contributed by atoms with Crippen molar-refractivity contribution in [3.05, 3.63) is 36.4 Å². The summed E-state index contributed by atoms with van der Waals surface area (Å²) in [6.45, 7) is 5.45. The number of para-hydroxylation sites is 1. The largest absolute Gasteiger partial charge is 0.495 e. The van der Waals surface area contributed by atoms with Gasteiger partial charge in [0, 0.05) is 16.8 Å². The highest BCUT2D eigenvalue weighted by atomic mass is 16.5. The van der Waals surface area contributed by atoms with Gasteiger partial charge in [0.15, 0.2) is 0 Å². The van der Waals surface area contributed by atoms with Crippen molar-refractivity contribution < 1.29 is 23.5 Å². The number of hydrogen-bond donors (Lipinski definition) is 1. The first-order valence-corrected chi connectivity index (χ1v) is 10.7. The first kappa shape index (κ1) is 21.2. The van der Waals surface area contributed by atoms with Crippen molar-refractivity contribution in [2.75, 3.05) is 32.1 Å². The Morgan fingerprint density at radius 3 is 2.61 bits per heavy atom. The Balaban J connectivity index is 1.47. The maximum absolute atomic E-state index is 13.0. The molecule has 2 aromatic carbocycles. The second-order valence-corrected chi connectivity index (χ2v) is 7.87. The van der Waals surface area contributed by atoms with Crippen LogP contribution in [0, 0.1) is 5.92 Å². The number of anilines is 1. The van der Waals surface area contributed by atoms with Crippen molar-refractivity contribution in [1.29, 1.82) is 0 Å². The van der Waals surface area contributed by atoms with Gasteiger partial charge in [-0.25, -0.2) is 0 Å². The van der Waals surface area contributed by atoms with Crippen LogP contribution in [0.5, 0.6) is 5.75 Å². The maximum atomic E-state index is 13.0. The minimum Gasteiger partial charge on any atom is -0.495 e. The Morgan fingerprint density at radius 2 is 1.90 bits per heavy atom. The molecular weight excluding hydrogens is 396 g/mol. The van der Waals surface area contributed by atoms with E-state index in [-0.39, 0.29) is 23.8 Å². The molecule has 1 fully saturated rings. The highest BCUT2D eigenvalue weighted by Crippen LogP contribution is 2.36. The lowest BCUT2D eigenvalue weighted by Crippen LogP contribution is -2.47. The molecule has 0 bridgehead atoms. The number of carbonyl (C=O) groups excluding carboxylic acids is 2. The molecule has 7 nitrogen and oxygen atoms in total. The second-order valence-electron chi connectivity index (χ2n) is 7.87. The lowest BCUT2D eigenvalue weighted by molar-refractivity contribution is -0.149. The van der Waals surface area contributed by atoms with E-state index in [1.165, 1.54) is 0 Å². The summed E-state index contributed by atoms with van der Waals surface area (Å²) < 4.78 is 16.6. The van der Waals surface area contributed by atoms with E-state index in [9.17, 15) is 9.59 Å². The molecule has 0 spiro atoms. The number of amides is 1. The zero-order valence-electron chi connectivity index (χ0n) is 18.1. The lowest BCUT2D eigenvalue weighted by Gasteiger charge is -2.34. The lowest BCUT2D eigenvalue weighted by atomic mass is 9.96. The van der Waals surface area contributed by atoms with Crippen LogP contribution in [-0.2, 0) is 14.3 Å². The van der Waals surface area contributed by atoms with Crippen molar-refractivity contribution in [3.8, 4) is 5.75 Å². The molecule has 1 amide bonds. The molecule has 0 radical (unpaired) electrons. The molecule has 3 aromatic rings. The molecule has 0 saturated carbocycles. The Labute approximate surface area is 181 Å². The maximum Gasteiger partial charge on any atom is 0.309 e. The molecule has 1 N–H and O–H groups in total. The van der Waals surface area contributed by atoms with E-state index in [0.29, 0.717) is 49.6 Å². The third-order valence-electron chi connectivity index (χ3n) is 6.03. The van der Waals surface area contributed by atoms with E-state index < -0.39 is 0 Å². The van der Waals surface area contributed by atoms with Gasteiger partial charge in [-0.2, -0.15) is 0 Å². The third kappa shape index (κ3) is 4.23. The summed E-state index contributed by atoms with van der Waals surface area (Å²) >= 11 is 0. The predicted octanol–water partition coefficient (Wildman–Crippen LogP) is 4.20. The number of furan rings is 1. The highest BCUT2D eigenvalue weighted by molar-refractivity contribution is 6.08. The van der Waals surface area contributed by atoms with Crippen molar-refractivity contribution in [1.82, 2.24) is 4.90 Å². The first-order valence-electron chi connectivity index (χ1n) is 10.7. The molecule has 1 aliphatic rings. The first-order chi connectivity index (χ1) is 15.0. The van der Waals surface area contributed by atoms with E-state index in [4.69, 9.17) is 13.9 Å². The number of nitrogens with zero attached hydrogens (tertiary/aromatic N) is 1. The number of likely N-dealkylation sites (tertiary alicyclic amines) is 1. The molecule has 7 heteroatoms. The number of piperidine rings is 1. The van der Waals surface area contributed by atoms with Crippen molar-refractivity contribution in [2.24, 2.45) is 5.92 Å². The Kier molecular flexibility index (Phi) is 6.13. The van der Waals surface area contributed by atoms with Gasteiger partial charge in [0.1, 0.15) is 16.9 Å². The Bertz CT molecular complexity index is 1100. The molecule has 1 aromatic heterocycles. The smallest absolute Gasteiger partial charge is 0.309 e. The van der Waals surface area contributed by atoms with Gasteiger partial charge in [0.25, 0.3) is 0 Å². The van der Waals surface area contributed by atoms with E-state index in [1.54, 1.807) is 7.11 Å². The summed E-state index contributed by atoms with van der Waals surface area (Å²) in [6, 6.07) is 11.2. The highest BCUT2D eigenvalue weighted by Gasteiger charge is 2.30. The van der Waals surface area contributed by atoms with Gasteiger partial charge >= 0.3 is 5.97 Å². The van der Waals surface area contributed by atoms with Crippen LogP contribution in [-0.4, -0.2) is 49.6 Å². The molecule has 164 valence electrons. The Morgan fingerprint density at radius 1 is 1.16 bits per heavy atom. The quantitative estimate of drug-likeness (QED) is 0.598. The number of fused-ring (bicyclic) bond motifs is 3. The van der Waals surface area contributed by atoms with Crippen molar-refractivity contribution in [2.45, 2.75) is 32.7 Å². The molecule has 31 heavy (non-hydrogen) atoms. The summed E-state index contributed by atoms with van der Waals surface area (Å²) in [4.78, 5) is 27.0. The number of methoxy groups -OCH3 is 1. The van der Waals surface area contributed by atoms with Crippen LogP contribution in [0.15, 0.2) is 40.8 Å². The van der Waals surface area contributed by atoms with E-state index in [0.717, 1.165) is 16.4 Å². The van der Waals surface area contributed by atoms with Crippen LogP contribution in [0.3, 0.4) is 0 Å². The van der Waals surface area contributed by atoms with Crippen LogP contribution in [0.25, 0.3) is 21.9 Å². The van der Waals surface area contributed by atoms with Gasteiger partial charge in [-0.1, -0.05) is 18.2 Å². The average molecular weight is 424 g/mol. The molecule has 1 aliphatic heterocycles. The zero-order valence-corrected chi connectivity index (χ0v) is 18.1. The molecule has 1 saturated heterocycles. The molecule has 2 heterocycles. The average Bonchev–Trinajstić information content (AvgIpc) is 3.15. The minimum atomic E-state index is -0.334. The number of ether oxygens (including phenoxy) is 2. The monoisotopic (exact) mass is 424 g/mol. The Hall–Kier alpha value is -3.06. The fraction of sp³-hybridized carbons (Fsp3) is 0.417. The van der Waals surface area contributed by atoms with Gasteiger partial charge in [0.05, 0.1) is 31.4 Å². The predicted molar refractivity (Wildman–Crippen MR) is 119 cm³/mol. The summed E-state index contributed by atoms with van der Waals surface area (Å²) in [5.74, 6) is 0.245. The van der Waals surface area contributed by atoms with Crippen LogP contribution in [0.4, 0.5) is 5.69 Å². The molecule has 0 aliphatic carbocycles. The second kappa shape index (κ2) is 8.98. The molecular formula is C24H28N2O5. The normalized spacial score (nSPS) is 16.4. The van der Waals surface area contributed by atoms with E-state index in [1.807, 2.05) is 50.2 Å². The van der Waals surface area contributed by atoms with Gasteiger partial charge in [-0.3, -0.25) is 14.5 Å². The summed E-state index contributed by atoms with van der Waals surface area (Å²) in [6.07, 6.45) is 1.40. The number of nitrogens with one attached hydrogen (secondary N) is 1. The zero-order chi connectivity index (χ0) is 22.0. The SMILES string of the molecule is CCOC(=O)C1CCN([C@@H](C)C(=O)Nc2cc3oc4ccccc4c3cc2OC)CC1. The number of benzene rings is 2. The van der Waals surface area contributed by atoms with Gasteiger partial charge in [0.2, 0.25) is 5.91 Å². The summed E-state index contributed by atoms with van der Waals surface area (Å²) in [5.41, 5.74) is 2.06. The standard InChI is InChI=1S/C24H28N2O5/c1-4-30-24(28)16-9-11-26(12-10-16)15(2)23(27)25-19-14-21-18(13-22(19)29-3)17-7-5-6-8-20(17)31-21/h5-8,13-16H,4,9-12H2,1-3H3,(H,25,27)/t15-/m0/s1. The fourth-order valence-corrected chi connectivity index (χ4v) is 4.20. The van der Waals surface area contributed by atoms with E-state index >= 15 is 0 Å². The van der Waals surface area contributed by atoms with Crippen LogP contribution >= 0.6 is 0 Å². The van der Waals surface area contributed by atoms with E-state index in [2.05, 4.69) is 10.2 Å². The summed E-state index contributed by atoms with van der Waals surface area (Å²) in [7, 11) is 1.59. The third-order valence-corrected chi connectivity index (χ3v) is 6.03. The van der Waals surface area contributed by atoms with Gasteiger partial charge in [-0.05, 0) is 51.9 Å². The molecule has 4 rings (SSSR count). The number of esters is 1. The number of carbonyl (C=O) groups is 2. The van der Waals surface area contributed by atoms with Crippen LogP contribution in [0.2, 0.25) is 0 Å². The van der Waals surface area contributed by atoms with Crippen molar-refractivity contribution in [3.63, 3.8) is 0 Å². The topological polar surface area (TPSA) is 81.0 Å².